The van der Waals surface area contributed by atoms with Crippen molar-refractivity contribution in [2.24, 2.45) is 0 Å². The summed E-state index contributed by atoms with van der Waals surface area (Å²) < 4.78 is 5.74. The lowest BCUT2D eigenvalue weighted by Gasteiger charge is -2.29. The van der Waals surface area contributed by atoms with Crippen LogP contribution in [-0.2, 0) is 11.2 Å². The molecule has 5 heteroatoms. The van der Waals surface area contributed by atoms with E-state index in [1.807, 2.05) is 0 Å². The first-order valence-corrected chi connectivity index (χ1v) is 14.6. The zero-order valence-corrected chi connectivity index (χ0v) is 24.2. The van der Waals surface area contributed by atoms with Gasteiger partial charge in [-0.1, -0.05) is 49.3 Å². The van der Waals surface area contributed by atoms with Crippen LogP contribution in [0.3, 0.4) is 0 Å². The monoisotopic (exact) mass is 509 g/mol. The number of fused-ring (bicyclic) bond motifs is 1. The number of hydrogen-bond donors (Lipinski definition) is 0. The van der Waals surface area contributed by atoms with Crippen molar-refractivity contribution in [3.05, 3.63) is 53.1 Å². The number of nitrogens with zero attached hydrogens (tertiary/aromatic N) is 3. The minimum atomic E-state index is 0.312. The zero-order chi connectivity index (χ0) is 26.6. The van der Waals surface area contributed by atoms with Gasteiger partial charge in [-0.15, -0.1) is 0 Å². The maximum atomic E-state index is 13.6. The van der Waals surface area contributed by atoms with Crippen molar-refractivity contribution in [2.75, 3.05) is 53.4 Å². The van der Waals surface area contributed by atoms with Crippen LogP contribution in [-0.4, -0.2) is 80.1 Å². The number of unbranched alkanes of at least 4 members (excludes halogenated alkanes) is 2. The van der Waals surface area contributed by atoms with E-state index in [4.69, 9.17) is 4.74 Å². The highest BCUT2D eigenvalue weighted by Gasteiger charge is 2.35. The molecule has 0 aromatic heterocycles. The summed E-state index contributed by atoms with van der Waals surface area (Å²) in [5.74, 6) is 1.84. The molecule has 1 aromatic rings. The van der Waals surface area contributed by atoms with Crippen LogP contribution in [0.4, 0.5) is 0 Å². The van der Waals surface area contributed by atoms with Crippen molar-refractivity contribution in [3.63, 3.8) is 0 Å². The Kier molecular flexibility index (Phi) is 12.2. The summed E-state index contributed by atoms with van der Waals surface area (Å²) in [6.45, 7) is 11.7. The Morgan fingerprint density at radius 1 is 1.16 bits per heavy atom. The molecule has 37 heavy (non-hydrogen) atoms. The molecular formula is C32H51N3O2. The Balaban J connectivity index is 1.68. The summed E-state index contributed by atoms with van der Waals surface area (Å²) in [6.07, 6.45) is 15.2. The Hall–Kier alpha value is -2.11. The van der Waals surface area contributed by atoms with Crippen LogP contribution in [0.15, 0.2) is 42.0 Å². The minimum absolute atomic E-state index is 0.312. The van der Waals surface area contributed by atoms with Gasteiger partial charge in [0, 0.05) is 32.1 Å². The molecule has 0 spiro atoms. The van der Waals surface area contributed by atoms with E-state index in [0.717, 1.165) is 89.9 Å². The van der Waals surface area contributed by atoms with E-state index in [2.05, 4.69) is 86.0 Å². The second-order valence-corrected chi connectivity index (χ2v) is 11.3. The number of amides is 1. The predicted octanol–water partition coefficient (Wildman–Crippen LogP) is 6.05. The highest BCUT2D eigenvalue weighted by molar-refractivity contribution is 5.78. The van der Waals surface area contributed by atoms with Crippen molar-refractivity contribution < 1.29 is 9.53 Å². The molecule has 1 amide bonds. The predicted molar refractivity (Wildman–Crippen MR) is 155 cm³/mol. The average Bonchev–Trinajstić information content (AvgIpc) is 3.51. The van der Waals surface area contributed by atoms with Gasteiger partial charge in [-0.2, -0.15) is 0 Å². The summed E-state index contributed by atoms with van der Waals surface area (Å²) in [7, 11) is 4.24. The molecule has 0 bridgehead atoms. The first kappa shape index (κ1) is 29.4. The Morgan fingerprint density at radius 2 is 1.95 bits per heavy atom. The third-order valence-corrected chi connectivity index (χ3v) is 7.91. The maximum Gasteiger partial charge on any atom is 0.236 e. The Bertz CT molecular complexity index is 907. The largest absolute Gasteiger partial charge is 0.493 e. The number of allylic oxidation sites excluding steroid dienone is 4. The molecule has 0 aliphatic carbocycles. The van der Waals surface area contributed by atoms with Crippen LogP contribution in [0, 0.1) is 0 Å². The lowest BCUT2D eigenvalue weighted by molar-refractivity contribution is -0.132. The van der Waals surface area contributed by atoms with E-state index in [9.17, 15) is 4.79 Å². The standard InChI is InChI=1S/C32H51N3O2/c1-6-8-12-26(3)13-15-30-23-29(27-14-16-31-28(22-27)17-21-37-31)24-35(30)25-32(36)34(19-9-7-2)20-11-10-18-33(4)5/h6,8,12,14,16,22,29-30H,7,9-11,13,15,17-21,23-25H2,1-5H3/b8-6-,26-12+. The van der Waals surface area contributed by atoms with Crippen LogP contribution in [0.1, 0.15) is 82.8 Å². The Morgan fingerprint density at radius 3 is 2.70 bits per heavy atom. The molecule has 1 aromatic carbocycles. The first-order valence-electron chi connectivity index (χ1n) is 14.6. The van der Waals surface area contributed by atoms with E-state index in [-0.39, 0.29) is 0 Å². The van der Waals surface area contributed by atoms with Gasteiger partial charge in [-0.25, -0.2) is 0 Å². The van der Waals surface area contributed by atoms with Crippen LogP contribution in [0.25, 0.3) is 0 Å². The molecule has 0 radical (unpaired) electrons. The molecule has 5 nitrogen and oxygen atoms in total. The Labute approximate surface area is 226 Å². The summed E-state index contributed by atoms with van der Waals surface area (Å²) in [6, 6.07) is 7.22. The topological polar surface area (TPSA) is 36.0 Å². The third kappa shape index (κ3) is 9.30. The highest BCUT2D eigenvalue weighted by Crippen LogP contribution is 2.37. The molecule has 1 saturated heterocycles. The molecule has 0 N–H and O–H groups in total. The fourth-order valence-electron chi connectivity index (χ4n) is 5.63. The number of ether oxygens (including phenoxy) is 1. The van der Waals surface area contributed by atoms with Gasteiger partial charge in [0.15, 0.2) is 0 Å². The van der Waals surface area contributed by atoms with Gasteiger partial charge in [0.25, 0.3) is 0 Å². The third-order valence-electron chi connectivity index (χ3n) is 7.91. The average molecular weight is 510 g/mol. The minimum Gasteiger partial charge on any atom is -0.493 e. The molecule has 0 saturated carbocycles. The summed E-state index contributed by atoms with van der Waals surface area (Å²) in [5, 5.41) is 0. The molecule has 2 aliphatic rings. The fraction of sp³-hybridized carbons (Fsp3) is 0.656. The number of likely N-dealkylation sites (tertiary alicyclic amines) is 1. The van der Waals surface area contributed by atoms with Gasteiger partial charge in [0.2, 0.25) is 5.91 Å². The van der Waals surface area contributed by atoms with E-state index in [1.54, 1.807) is 0 Å². The van der Waals surface area contributed by atoms with Crippen molar-refractivity contribution >= 4 is 5.91 Å². The number of benzene rings is 1. The quantitative estimate of drug-likeness (QED) is 0.213. The van der Waals surface area contributed by atoms with Crippen molar-refractivity contribution in [1.82, 2.24) is 14.7 Å². The SMILES string of the molecule is C/C=C\C=C(/C)CCC1CC(c2ccc3c(c2)CCO3)CN1CC(=O)N(CCCC)CCCCN(C)C. The van der Waals surface area contributed by atoms with E-state index >= 15 is 0 Å². The van der Waals surface area contributed by atoms with Gasteiger partial charge < -0.3 is 14.5 Å². The van der Waals surface area contributed by atoms with Gasteiger partial charge >= 0.3 is 0 Å². The van der Waals surface area contributed by atoms with Crippen LogP contribution in [0.5, 0.6) is 5.75 Å². The molecule has 206 valence electrons. The molecule has 2 atom stereocenters. The summed E-state index contributed by atoms with van der Waals surface area (Å²) in [5.41, 5.74) is 4.17. The van der Waals surface area contributed by atoms with E-state index in [1.165, 1.54) is 16.7 Å². The molecule has 1 fully saturated rings. The van der Waals surface area contributed by atoms with Crippen molar-refractivity contribution in [2.45, 2.75) is 84.1 Å². The summed E-state index contributed by atoms with van der Waals surface area (Å²) >= 11 is 0. The lowest BCUT2D eigenvalue weighted by atomic mass is 9.93. The normalized spacial score (nSPS) is 20.1. The van der Waals surface area contributed by atoms with Gasteiger partial charge in [-0.3, -0.25) is 9.69 Å². The second kappa shape index (κ2) is 15.3. The highest BCUT2D eigenvalue weighted by atomic mass is 16.5. The molecule has 3 rings (SSSR count). The molecular weight excluding hydrogens is 458 g/mol. The maximum absolute atomic E-state index is 13.6. The first-order chi connectivity index (χ1) is 17.9. The smallest absolute Gasteiger partial charge is 0.236 e. The van der Waals surface area contributed by atoms with Crippen LogP contribution in [0.2, 0.25) is 0 Å². The fourth-order valence-corrected chi connectivity index (χ4v) is 5.63. The number of carbonyl (C=O) groups excluding carboxylic acids is 1. The number of rotatable bonds is 15. The number of hydrogen-bond acceptors (Lipinski definition) is 4. The van der Waals surface area contributed by atoms with Gasteiger partial charge in [-0.05, 0) is 96.1 Å². The zero-order valence-electron chi connectivity index (χ0n) is 24.2. The van der Waals surface area contributed by atoms with Crippen molar-refractivity contribution in [3.8, 4) is 5.75 Å². The molecule has 2 heterocycles. The van der Waals surface area contributed by atoms with Gasteiger partial charge in [0.1, 0.15) is 5.75 Å². The molecule has 2 aliphatic heterocycles. The van der Waals surface area contributed by atoms with Crippen LogP contribution >= 0.6 is 0 Å². The van der Waals surface area contributed by atoms with Crippen molar-refractivity contribution in [1.29, 1.82) is 0 Å². The molecule has 2 unspecified atom stereocenters. The van der Waals surface area contributed by atoms with E-state index in [0.29, 0.717) is 24.4 Å². The van der Waals surface area contributed by atoms with E-state index < -0.39 is 0 Å². The van der Waals surface area contributed by atoms with Gasteiger partial charge in [0.05, 0.1) is 13.2 Å². The second-order valence-electron chi connectivity index (χ2n) is 11.3. The van der Waals surface area contributed by atoms with Crippen LogP contribution < -0.4 is 4.74 Å². The number of carbonyl (C=O) groups is 1. The summed E-state index contributed by atoms with van der Waals surface area (Å²) in [4.78, 5) is 20.5. The lowest BCUT2D eigenvalue weighted by Crippen LogP contribution is -2.43.